The van der Waals surface area contributed by atoms with Crippen molar-refractivity contribution in [1.29, 1.82) is 0 Å². The van der Waals surface area contributed by atoms with E-state index < -0.39 is 23.0 Å². The number of rotatable bonds is 5. The van der Waals surface area contributed by atoms with Gasteiger partial charge in [-0.25, -0.2) is 15.6 Å². The molecule has 0 aromatic heterocycles. The van der Waals surface area contributed by atoms with E-state index in [2.05, 4.69) is 10.9 Å². The van der Waals surface area contributed by atoms with Gasteiger partial charge in [-0.3, -0.25) is 14.9 Å². The first-order valence-electron chi connectivity index (χ1n) is 10.8. The van der Waals surface area contributed by atoms with E-state index in [1.54, 1.807) is 29.2 Å². The minimum absolute atomic E-state index is 0.0280. The summed E-state index contributed by atoms with van der Waals surface area (Å²) in [6.45, 7) is 2.01. The Balaban J connectivity index is 1.60. The summed E-state index contributed by atoms with van der Waals surface area (Å²) < 4.78 is 0. The number of hydrazine groups is 1. The second-order valence-corrected chi connectivity index (χ2v) is 8.59. The van der Waals surface area contributed by atoms with E-state index in [0.717, 1.165) is 16.7 Å². The van der Waals surface area contributed by atoms with Crippen molar-refractivity contribution >= 4 is 23.3 Å². The monoisotopic (exact) mass is 458 g/mol. The lowest BCUT2D eigenvalue weighted by molar-refractivity contribution is -0.384. The summed E-state index contributed by atoms with van der Waals surface area (Å²) in [5.41, 5.74) is 9.99. The number of non-ortho nitro benzene ring substituents is 1. The van der Waals surface area contributed by atoms with E-state index >= 15 is 0 Å². The molecule has 9 heteroatoms. The van der Waals surface area contributed by atoms with Gasteiger partial charge in [-0.2, -0.15) is 0 Å². The van der Waals surface area contributed by atoms with Gasteiger partial charge in [-0.05, 0) is 42.3 Å². The first-order chi connectivity index (χ1) is 16.3. The summed E-state index contributed by atoms with van der Waals surface area (Å²) in [4.78, 5) is 37.3. The SMILES string of the molecule is Cc1ccc(C2NNC3C(=O)N(c4ccc(C(=O)O)cc4)C(c4ccc([N+](=O)[O-])cc4)C32)cc1. The maximum Gasteiger partial charge on any atom is 0.335 e. The number of carbonyl (C=O) groups is 2. The Morgan fingerprint density at radius 2 is 1.50 bits per heavy atom. The molecule has 0 spiro atoms. The maximum absolute atomic E-state index is 13.6. The largest absolute Gasteiger partial charge is 0.478 e. The van der Waals surface area contributed by atoms with Gasteiger partial charge in [0.1, 0.15) is 6.04 Å². The maximum atomic E-state index is 13.6. The molecule has 2 aliphatic rings. The average molecular weight is 458 g/mol. The molecule has 0 bridgehead atoms. The number of nitrogens with zero attached hydrogens (tertiary/aromatic N) is 2. The van der Waals surface area contributed by atoms with Gasteiger partial charge in [-0.1, -0.05) is 42.0 Å². The molecule has 34 heavy (non-hydrogen) atoms. The third-order valence-corrected chi connectivity index (χ3v) is 6.58. The molecular formula is C25H22N4O5. The molecule has 0 saturated carbocycles. The Labute approximate surface area is 195 Å². The Morgan fingerprint density at radius 3 is 2.09 bits per heavy atom. The fourth-order valence-corrected chi connectivity index (χ4v) is 4.91. The number of benzene rings is 3. The predicted octanol–water partition coefficient (Wildman–Crippen LogP) is 3.52. The topological polar surface area (TPSA) is 125 Å². The molecule has 2 aliphatic heterocycles. The molecule has 3 aromatic rings. The molecule has 2 fully saturated rings. The molecule has 2 saturated heterocycles. The molecule has 0 radical (unpaired) electrons. The molecule has 4 unspecified atom stereocenters. The van der Waals surface area contributed by atoms with Crippen molar-refractivity contribution in [2.24, 2.45) is 5.92 Å². The van der Waals surface area contributed by atoms with Crippen LogP contribution >= 0.6 is 0 Å². The number of aromatic carboxylic acids is 1. The number of nitro groups is 1. The van der Waals surface area contributed by atoms with Gasteiger partial charge in [0.15, 0.2) is 0 Å². The van der Waals surface area contributed by atoms with Gasteiger partial charge in [0, 0.05) is 23.7 Å². The second-order valence-electron chi connectivity index (χ2n) is 8.59. The molecule has 3 aromatic carbocycles. The van der Waals surface area contributed by atoms with Crippen molar-refractivity contribution < 1.29 is 19.6 Å². The smallest absolute Gasteiger partial charge is 0.335 e. The van der Waals surface area contributed by atoms with E-state index in [-0.39, 0.29) is 29.1 Å². The molecule has 5 rings (SSSR count). The minimum atomic E-state index is -1.05. The number of hydrogen-bond acceptors (Lipinski definition) is 6. The highest BCUT2D eigenvalue weighted by atomic mass is 16.6. The minimum Gasteiger partial charge on any atom is -0.478 e. The first-order valence-corrected chi connectivity index (χ1v) is 10.8. The van der Waals surface area contributed by atoms with Crippen LogP contribution in [-0.4, -0.2) is 27.9 Å². The number of amides is 1. The van der Waals surface area contributed by atoms with Crippen LogP contribution in [0, 0.1) is 23.0 Å². The van der Waals surface area contributed by atoms with Crippen LogP contribution in [0.15, 0.2) is 72.8 Å². The molecule has 9 nitrogen and oxygen atoms in total. The van der Waals surface area contributed by atoms with Crippen LogP contribution in [0.5, 0.6) is 0 Å². The summed E-state index contributed by atoms with van der Waals surface area (Å²) in [6, 6.07) is 19.4. The fourth-order valence-electron chi connectivity index (χ4n) is 4.91. The second kappa shape index (κ2) is 8.36. The van der Waals surface area contributed by atoms with Gasteiger partial charge in [-0.15, -0.1) is 0 Å². The van der Waals surface area contributed by atoms with E-state index in [0.29, 0.717) is 5.69 Å². The Kier molecular flexibility index (Phi) is 5.35. The highest BCUT2D eigenvalue weighted by molar-refractivity contribution is 6.01. The molecule has 0 aliphatic carbocycles. The summed E-state index contributed by atoms with van der Waals surface area (Å²) in [6.07, 6.45) is 0. The third-order valence-electron chi connectivity index (χ3n) is 6.58. The van der Waals surface area contributed by atoms with Gasteiger partial charge >= 0.3 is 5.97 Å². The van der Waals surface area contributed by atoms with Gasteiger partial charge in [0.2, 0.25) is 5.91 Å². The quantitative estimate of drug-likeness (QED) is 0.395. The van der Waals surface area contributed by atoms with Crippen LogP contribution in [0.3, 0.4) is 0 Å². The van der Waals surface area contributed by atoms with Crippen LogP contribution in [0.2, 0.25) is 0 Å². The highest BCUT2D eigenvalue weighted by Gasteiger charge is 2.56. The van der Waals surface area contributed by atoms with Crippen LogP contribution < -0.4 is 15.8 Å². The van der Waals surface area contributed by atoms with Crippen molar-refractivity contribution in [3.8, 4) is 0 Å². The van der Waals surface area contributed by atoms with E-state index in [4.69, 9.17) is 0 Å². The normalized spacial score (nSPS) is 23.7. The standard InChI is InChI=1S/C25H22N4O5/c1-14-2-4-15(5-3-14)21-20-22(27-26-21)24(30)28(18-10-8-17(9-11-18)25(31)32)23(20)16-6-12-19(13-7-16)29(33)34/h2-13,20-23,26-27H,1H3,(H,31,32). The fraction of sp³-hybridized carbons (Fsp3) is 0.200. The molecule has 1 amide bonds. The highest BCUT2D eigenvalue weighted by Crippen LogP contribution is 2.49. The van der Waals surface area contributed by atoms with Gasteiger partial charge < -0.3 is 10.0 Å². The molecule has 172 valence electrons. The zero-order valence-electron chi connectivity index (χ0n) is 18.2. The van der Waals surface area contributed by atoms with Crippen LogP contribution in [0.1, 0.15) is 39.1 Å². The zero-order valence-corrected chi connectivity index (χ0v) is 18.2. The van der Waals surface area contributed by atoms with Crippen molar-refractivity contribution in [1.82, 2.24) is 10.9 Å². The zero-order chi connectivity index (χ0) is 24.0. The summed E-state index contributed by atoms with van der Waals surface area (Å²) in [5.74, 6) is -1.41. The Morgan fingerprint density at radius 1 is 0.912 bits per heavy atom. The lowest BCUT2D eigenvalue weighted by atomic mass is 9.83. The Bertz CT molecular complexity index is 1260. The Hall–Kier alpha value is -4.08. The number of carbonyl (C=O) groups excluding carboxylic acids is 1. The molecular weight excluding hydrogens is 436 g/mol. The number of aryl methyl sites for hydroxylation is 1. The van der Waals surface area contributed by atoms with Crippen LogP contribution in [0.4, 0.5) is 11.4 Å². The number of hydrogen-bond donors (Lipinski definition) is 3. The number of fused-ring (bicyclic) bond motifs is 1. The number of nitro benzene ring substituents is 1. The number of carboxylic acid groups (broad SMARTS) is 1. The summed E-state index contributed by atoms with van der Waals surface area (Å²) >= 11 is 0. The number of carboxylic acids is 1. The molecule has 3 N–H and O–H groups in total. The third kappa shape index (κ3) is 3.60. The molecule has 2 heterocycles. The van der Waals surface area contributed by atoms with Crippen LogP contribution in [-0.2, 0) is 4.79 Å². The summed E-state index contributed by atoms with van der Waals surface area (Å²) in [7, 11) is 0. The van der Waals surface area contributed by atoms with E-state index in [1.165, 1.54) is 24.3 Å². The lowest BCUT2D eigenvalue weighted by Crippen LogP contribution is -2.41. The van der Waals surface area contributed by atoms with Gasteiger partial charge in [0.25, 0.3) is 5.69 Å². The van der Waals surface area contributed by atoms with Gasteiger partial charge in [0.05, 0.1) is 22.6 Å². The van der Waals surface area contributed by atoms with E-state index in [1.807, 2.05) is 31.2 Å². The van der Waals surface area contributed by atoms with Crippen molar-refractivity contribution in [2.45, 2.75) is 25.0 Å². The predicted molar refractivity (Wildman–Crippen MR) is 124 cm³/mol. The van der Waals surface area contributed by atoms with Crippen molar-refractivity contribution in [3.05, 3.63) is 105 Å². The lowest BCUT2D eigenvalue weighted by Gasteiger charge is -2.31. The number of anilines is 1. The van der Waals surface area contributed by atoms with Crippen LogP contribution in [0.25, 0.3) is 0 Å². The number of nitrogens with one attached hydrogen (secondary N) is 2. The van der Waals surface area contributed by atoms with E-state index in [9.17, 15) is 24.8 Å². The summed E-state index contributed by atoms with van der Waals surface area (Å²) in [5, 5.41) is 20.4. The molecule has 4 atom stereocenters. The van der Waals surface area contributed by atoms with Crippen molar-refractivity contribution in [2.75, 3.05) is 4.90 Å². The average Bonchev–Trinajstić information content (AvgIpc) is 3.38. The van der Waals surface area contributed by atoms with Crippen molar-refractivity contribution in [3.63, 3.8) is 0 Å². The first kappa shape index (κ1) is 21.7.